The van der Waals surface area contributed by atoms with Gasteiger partial charge >= 0.3 is 0 Å². The van der Waals surface area contributed by atoms with Crippen LogP contribution in [0.15, 0.2) is 76.2 Å². The van der Waals surface area contributed by atoms with Crippen LogP contribution in [0.2, 0.25) is 0 Å². The van der Waals surface area contributed by atoms with E-state index in [1.54, 1.807) is 13.2 Å². The van der Waals surface area contributed by atoms with Gasteiger partial charge in [-0.05, 0) is 36.4 Å². The van der Waals surface area contributed by atoms with E-state index in [2.05, 4.69) is 10.3 Å². The molecule has 7 nitrogen and oxygen atoms in total. The van der Waals surface area contributed by atoms with Gasteiger partial charge in [-0.3, -0.25) is 14.2 Å². The van der Waals surface area contributed by atoms with Gasteiger partial charge in [0.1, 0.15) is 11.3 Å². The number of hydrogen-bond acceptors (Lipinski definition) is 5. The first kappa shape index (κ1) is 18.5. The summed E-state index contributed by atoms with van der Waals surface area (Å²) in [4.78, 5) is 29.0. The van der Waals surface area contributed by atoms with Gasteiger partial charge in [0.25, 0.3) is 11.5 Å². The summed E-state index contributed by atoms with van der Waals surface area (Å²) in [7, 11) is 1.60. The van der Waals surface area contributed by atoms with Crippen molar-refractivity contribution in [1.82, 2.24) is 14.9 Å². The van der Waals surface area contributed by atoms with Crippen molar-refractivity contribution in [3.8, 4) is 17.0 Å². The number of methoxy groups -OCH3 is 1. The van der Waals surface area contributed by atoms with E-state index in [1.165, 1.54) is 17.0 Å². The van der Waals surface area contributed by atoms with Gasteiger partial charge in [0, 0.05) is 30.1 Å². The number of fused-ring (bicyclic) bond motifs is 1. The van der Waals surface area contributed by atoms with Crippen molar-refractivity contribution in [3.05, 3.63) is 83.1 Å². The second-order valence-corrected chi connectivity index (χ2v) is 6.44. The monoisotopic (exact) mass is 389 g/mol. The second kappa shape index (κ2) is 8.02. The molecule has 0 aliphatic heterocycles. The third-order valence-corrected chi connectivity index (χ3v) is 4.55. The average Bonchev–Trinajstić information content (AvgIpc) is 3.19. The van der Waals surface area contributed by atoms with Crippen molar-refractivity contribution in [2.24, 2.45) is 0 Å². The molecule has 0 atom stereocenters. The maximum atomic E-state index is 12.4. The molecule has 7 heteroatoms. The first-order valence-corrected chi connectivity index (χ1v) is 9.12. The van der Waals surface area contributed by atoms with Gasteiger partial charge in [0.05, 0.1) is 19.1 Å². The van der Waals surface area contributed by atoms with Crippen LogP contribution < -0.4 is 15.6 Å². The predicted octanol–water partition coefficient (Wildman–Crippen LogP) is 3.10. The van der Waals surface area contributed by atoms with E-state index in [1.807, 2.05) is 48.5 Å². The molecule has 2 aromatic carbocycles. The maximum Gasteiger partial charge on any atom is 0.287 e. The summed E-state index contributed by atoms with van der Waals surface area (Å²) in [5.41, 5.74) is 1.88. The highest BCUT2D eigenvalue weighted by Crippen LogP contribution is 2.19. The van der Waals surface area contributed by atoms with Gasteiger partial charge < -0.3 is 14.5 Å². The number of ether oxygens (including phenoxy) is 1. The highest BCUT2D eigenvalue weighted by atomic mass is 16.5. The Balaban J connectivity index is 1.39. The minimum absolute atomic E-state index is 0.191. The van der Waals surface area contributed by atoms with Crippen LogP contribution in [0.4, 0.5) is 0 Å². The Labute approximate surface area is 166 Å². The molecule has 4 aromatic rings. The summed E-state index contributed by atoms with van der Waals surface area (Å²) in [6.07, 6.45) is 1.48. The number of nitrogens with one attached hydrogen (secondary N) is 1. The van der Waals surface area contributed by atoms with Crippen LogP contribution >= 0.6 is 0 Å². The summed E-state index contributed by atoms with van der Waals surface area (Å²) in [5.74, 6) is 0.658. The van der Waals surface area contributed by atoms with Crippen LogP contribution in [0.25, 0.3) is 22.2 Å². The summed E-state index contributed by atoms with van der Waals surface area (Å²) >= 11 is 0. The lowest BCUT2D eigenvalue weighted by Crippen LogP contribution is -2.30. The molecule has 0 bridgehead atoms. The zero-order chi connectivity index (χ0) is 20.2. The molecule has 2 heterocycles. The van der Waals surface area contributed by atoms with Crippen LogP contribution in [-0.2, 0) is 6.54 Å². The number of carbonyl (C=O) groups is 1. The molecule has 0 radical (unpaired) electrons. The molecule has 0 saturated carbocycles. The van der Waals surface area contributed by atoms with Gasteiger partial charge in [-0.15, -0.1) is 0 Å². The van der Waals surface area contributed by atoms with Gasteiger partial charge in [0.2, 0.25) is 0 Å². The first-order chi connectivity index (χ1) is 14.1. The van der Waals surface area contributed by atoms with Crippen LogP contribution in [0, 0.1) is 0 Å². The average molecular weight is 389 g/mol. The van der Waals surface area contributed by atoms with Gasteiger partial charge in [-0.25, -0.2) is 4.98 Å². The Kier molecular flexibility index (Phi) is 5.11. The lowest BCUT2D eigenvalue weighted by molar-refractivity contribution is 0.0926. The Morgan fingerprint density at radius 3 is 2.66 bits per heavy atom. The number of hydrogen-bond donors (Lipinski definition) is 1. The Hall–Kier alpha value is -3.87. The number of rotatable bonds is 6. The van der Waals surface area contributed by atoms with Crippen molar-refractivity contribution in [2.75, 3.05) is 13.7 Å². The summed E-state index contributed by atoms with van der Waals surface area (Å²) < 4.78 is 12.1. The van der Waals surface area contributed by atoms with Gasteiger partial charge in [-0.1, -0.05) is 18.2 Å². The molecule has 146 valence electrons. The summed E-state index contributed by atoms with van der Waals surface area (Å²) in [6.45, 7) is 0.583. The Morgan fingerprint density at radius 1 is 1.14 bits per heavy atom. The molecule has 0 fully saturated rings. The number of amides is 1. The molecule has 1 N–H and O–H groups in total. The van der Waals surface area contributed by atoms with Crippen molar-refractivity contribution in [2.45, 2.75) is 6.54 Å². The molecule has 4 rings (SSSR count). The summed E-state index contributed by atoms with van der Waals surface area (Å²) in [6, 6.07) is 17.9. The molecule has 0 aliphatic carbocycles. The van der Waals surface area contributed by atoms with E-state index >= 15 is 0 Å². The number of carbonyl (C=O) groups excluding carboxylic acids is 1. The molecule has 2 aromatic heterocycles. The van der Waals surface area contributed by atoms with E-state index in [9.17, 15) is 9.59 Å². The normalized spacial score (nSPS) is 10.8. The van der Waals surface area contributed by atoms with Crippen molar-refractivity contribution >= 4 is 16.9 Å². The van der Waals surface area contributed by atoms with Crippen LogP contribution in [0.3, 0.4) is 0 Å². The molecule has 29 heavy (non-hydrogen) atoms. The van der Waals surface area contributed by atoms with Crippen molar-refractivity contribution in [3.63, 3.8) is 0 Å². The third-order valence-electron chi connectivity index (χ3n) is 4.55. The molecule has 0 saturated heterocycles. The minimum atomic E-state index is -0.322. The SMILES string of the molecule is COc1ccc(-c2cc(=O)n(CCNC(=O)c3cc4ccccc4o3)cn2)cc1. The zero-order valence-corrected chi connectivity index (χ0v) is 15.8. The van der Waals surface area contributed by atoms with Crippen molar-refractivity contribution < 1.29 is 13.9 Å². The fraction of sp³-hybridized carbons (Fsp3) is 0.136. The standard InChI is InChI=1S/C22H19N3O4/c1-28-17-8-6-15(7-9-17)18-13-21(26)25(14-24-18)11-10-23-22(27)20-12-16-4-2-3-5-19(16)29-20/h2-9,12-14H,10-11H2,1H3,(H,23,27). The van der Waals surface area contributed by atoms with Crippen LogP contribution in [-0.4, -0.2) is 29.1 Å². The number of nitrogens with zero attached hydrogens (tertiary/aromatic N) is 2. The van der Waals surface area contributed by atoms with E-state index < -0.39 is 0 Å². The number of aromatic nitrogens is 2. The van der Waals surface area contributed by atoms with Gasteiger partial charge in [0.15, 0.2) is 5.76 Å². The molecule has 1 amide bonds. The van der Waals surface area contributed by atoms with Crippen LogP contribution in [0.5, 0.6) is 5.75 Å². The highest BCUT2D eigenvalue weighted by molar-refractivity contribution is 5.96. The number of furan rings is 1. The predicted molar refractivity (Wildman–Crippen MR) is 109 cm³/mol. The first-order valence-electron chi connectivity index (χ1n) is 9.12. The van der Waals surface area contributed by atoms with E-state index in [0.29, 0.717) is 17.8 Å². The quantitative estimate of drug-likeness (QED) is 0.548. The largest absolute Gasteiger partial charge is 0.497 e. The van der Waals surface area contributed by atoms with Crippen molar-refractivity contribution in [1.29, 1.82) is 0 Å². The van der Waals surface area contributed by atoms with E-state index in [-0.39, 0.29) is 23.8 Å². The number of benzene rings is 2. The zero-order valence-electron chi connectivity index (χ0n) is 15.8. The molecule has 0 spiro atoms. The minimum Gasteiger partial charge on any atom is -0.497 e. The molecular formula is C22H19N3O4. The van der Waals surface area contributed by atoms with E-state index in [0.717, 1.165) is 16.7 Å². The third kappa shape index (κ3) is 4.03. The lowest BCUT2D eigenvalue weighted by atomic mass is 10.1. The smallest absolute Gasteiger partial charge is 0.287 e. The van der Waals surface area contributed by atoms with Gasteiger partial charge in [-0.2, -0.15) is 0 Å². The maximum absolute atomic E-state index is 12.4. The van der Waals surface area contributed by atoms with Crippen LogP contribution in [0.1, 0.15) is 10.6 Å². The highest BCUT2D eigenvalue weighted by Gasteiger charge is 2.11. The topological polar surface area (TPSA) is 86.4 Å². The molecular weight excluding hydrogens is 370 g/mol. The fourth-order valence-electron chi connectivity index (χ4n) is 2.98. The number of para-hydroxylation sites is 1. The lowest BCUT2D eigenvalue weighted by Gasteiger charge is -2.08. The van der Waals surface area contributed by atoms with E-state index in [4.69, 9.17) is 9.15 Å². The fourth-order valence-corrected chi connectivity index (χ4v) is 2.98. The molecule has 0 aliphatic rings. The second-order valence-electron chi connectivity index (χ2n) is 6.44. The molecule has 0 unspecified atom stereocenters. The Morgan fingerprint density at radius 2 is 1.93 bits per heavy atom. The summed E-state index contributed by atoms with van der Waals surface area (Å²) in [5, 5.41) is 3.63. The Bertz CT molecular complexity index is 1180.